The fourth-order valence-corrected chi connectivity index (χ4v) is 2.63. The van der Waals surface area contributed by atoms with Crippen LogP contribution in [0.2, 0.25) is 0 Å². The highest BCUT2D eigenvalue weighted by atomic mass is 16.5. The van der Waals surface area contributed by atoms with Gasteiger partial charge in [0.25, 0.3) is 0 Å². The zero-order chi connectivity index (χ0) is 14.8. The van der Waals surface area contributed by atoms with Crippen molar-refractivity contribution in [3.63, 3.8) is 0 Å². The Bertz CT molecular complexity index is 226. The van der Waals surface area contributed by atoms with E-state index in [0.717, 1.165) is 38.8 Å². The van der Waals surface area contributed by atoms with E-state index in [2.05, 4.69) is 43.2 Å². The zero-order valence-corrected chi connectivity index (χ0v) is 14.0. The molecule has 20 heavy (non-hydrogen) atoms. The highest BCUT2D eigenvalue weighted by molar-refractivity contribution is 4.78. The highest BCUT2D eigenvalue weighted by Gasteiger charge is 2.18. The Kier molecular flexibility index (Phi) is 9.44. The molecular weight excluding hydrogens is 250 g/mol. The molecule has 1 rings (SSSR count). The largest absolute Gasteiger partial charge is 0.379 e. The highest BCUT2D eigenvalue weighted by Crippen LogP contribution is 2.10. The fourth-order valence-electron chi connectivity index (χ4n) is 2.63. The van der Waals surface area contributed by atoms with Crippen LogP contribution in [0.15, 0.2) is 0 Å². The summed E-state index contributed by atoms with van der Waals surface area (Å²) < 4.78 is 5.69. The number of hydrogen-bond acceptors (Lipinski definition) is 4. The van der Waals surface area contributed by atoms with Crippen LogP contribution >= 0.6 is 0 Å². The molecule has 0 spiro atoms. The van der Waals surface area contributed by atoms with Crippen LogP contribution in [0.5, 0.6) is 0 Å². The molecule has 4 nitrogen and oxygen atoms in total. The Morgan fingerprint density at radius 3 is 2.40 bits per heavy atom. The topological polar surface area (TPSA) is 36.5 Å². The summed E-state index contributed by atoms with van der Waals surface area (Å²) in [5.74, 6) is 0.718. The van der Waals surface area contributed by atoms with Gasteiger partial charge in [-0.25, -0.2) is 0 Å². The Hall–Kier alpha value is -0.160. The van der Waals surface area contributed by atoms with E-state index >= 15 is 0 Å². The van der Waals surface area contributed by atoms with E-state index in [9.17, 15) is 0 Å². The molecule has 0 atom stereocenters. The number of ether oxygens (including phenoxy) is 1. The maximum atomic E-state index is 5.69. The average molecular weight is 285 g/mol. The van der Waals surface area contributed by atoms with Crippen LogP contribution in [0.4, 0.5) is 0 Å². The Morgan fingerprint density at radius 2 is 1.80 bits per heavy atom. The molecule has 0 aromatic carbocycles. The summed E-state index contributed by atoms with van der Waals surface area (Å²) in [6, 6.07) is 1.32. The van der Waals surface area contributed by atoms with Gasteiger partial charge in [0.15, 0.2) is 0 Å². The van der Waals surface area contributed by atoms with Gasteiger partial charge < -0.3 is 20.3 Å². The first-order valence-corrected chi connectivity index (χ1v) is 8.34. The fraction of sp³-hybridized carbons (Fsp3) is 1.00. The van der Waals surface area contributed by atoms with Crippen molar-refractivity contribution in [2.24, 2.45) is 5.92 Å². The number of nitrogens with one attached hydrogen (secondary N) is 2. The van der Waals surface area contributed by atoms with E-state index in [4.69, 9.17) is 4.74 Å². The number of piperidine rings is 1. The first-order chi connectivity index (χ1) is 9.58. The minimum Gasteiger partial charge on any atom is -0.379 e. The van der Waals surface area contributed by atoms with Gasteiger partial charge in [-0.2, -0.15) is 0 Å². The number of hydrogen-bond donors (Lipinski definition) is 2. The monoisotopic (exact) mass is 285 g/mol. The van der Waals surface area contributed by atoms with Crippen molar-refractivity contribution in [2.75, 3.05) is 45.9 Å². The van der Waals surface area contributed by atoms with Crippen molar-refractivity contribution in [2.45, 2.75) is 52.6 Å². The molecule has 2 N–H and O–H groups in total. The summed E-state index contributed by atoms with van der Waals surface area (Å²) in [5.41, 5.74) is 0. The molecule has 1 aliphatic heterocycles. The molecule has 0 aliphatic carbocycles. The summed E-state index contributed by atoms with van der Waals surface area (Å²) in [5, 5.41) is 7.04. The first-order valence-electron chi connectivity index (χ1n) is 8.34. The standard InChI is InChI=1S/C16H35N3O/c1-14(2)13-17-7-11-20-12-10-19-8-5-16(6-9-19)18-15(3)4/h14-18H,5-13H2,1-4H3. The summed E-state index contributed by atoms with van der Waals surface area (Å²) >= 11 is 0. The summed E-state index contributed by atoms with van der Waals surface area (Å²) in [4.78, 5) is 2.53. The second kappa shape index (κ2) is 10.6. The lowest BCUT2D eigenvalue weighted by atomic mass is 10.0. The van der Waals surface area contributed by atoms with Crippen LogP contribution < -0.4 is 10.6 Å². The molecule has 0 radical (unpaired) electrons. The lowest BCUT2D eigenvalue weighted by Gasteiger charge is -2.33. The van der Waals surface area contributed by atoms with E-state index < -0.39 is 0 Å². The van der Waals surface area contributed by atoms with E-state index in [1.807, 2.05) is 0 Å². The molecule has 4 heteroatoms. The van der Waals surface area contributed by atoms with E-state index in [-0.39, 0.29) is 0 Å². The van der Waals surface area contributed by atoms with E-state index in [1.165, 1.54) is 25.9 Å². The van der Waals surface area contributed by atoms with Crippen LogP contribution in [-0.2, 0) is 4.74 Å². The summed E-state index contributed by atoms with van der Waals surface area (Å²) in [7, 11) is 0. The van der Waals surface area contributed by atoms with Crippen molar-refractivity contribution in [3.05, 3.63) is 0 Å². The molecule has 0 unspecified atom stereocenters. The molecule has 0 aromatic rings. The zero-order valence-electron chi connectivity index (χ0n) is 14.0. The van der Waals surface area contributed by atoms with Crippen LogP contribution in [0.1, 0.15) is 40.5 Å². The van der Waals surface area contributed by atoms with Gasteiger partial charge in [0.1, 0.15) is 0 Å². The van der Waals surface area contributed by atoms with Gasteiger partial charge in [-0.1, -0.05) is 27.7 Å². The first kappa shape index (κ1) is 17.9. The molecular formula is C16H35N3O. The molecule has 1 fully saturated rings. The van der Waals surface area contributed by atoms with E-state index in [1.54, 1.807) is 0 Å². The van der Waals surface area contributed by atoms with Crippen LogP contribution in [0.3, 0.4) is 0 Å². The summed E-state index contributed by atoms with van der Waals surface area (Å²) in [6.45, 7) is 16.2. The Balaban J connectivity index is 1.91. The molecule has 120 valence electrons. The quantitative estimate of drug-likeness (QED) is 0.599. The Labute approximate surface area is 125 Å². The van der Waals surface area contributed by atoms with Crippen molar-refractivity contribution in [1.82, 2.24) is 15.5 Å². The van der Waals surface area contributed by atoms with Gasteiger partial charge in [0, 0.05) is 25.2 Å². The van der Waals surface area contributed by atoms with Gasteiger partial charge in [-0.15, -0.1) is 0 Å². The third kappa shape index (κ3) is 8.90. The van der Waals surface area contributed by atoms with Crippen molar-refractivity contribution >= 4 is 0 Å². The normalized spacial score (nSPS) is 18.3. The van der Waals surface area contributed by atoms with Crippen molar-refractivity contribution < 1.29 is 4.74 Å². The number of likely N-dealkylation sites (tertiary alicyclic amines) is 1. The van der Waals surface area contributed by atoms with Crippen molar-refractivity contribution in [1.29, 1.82) is 0 Å². The number of rotatable bonds is 10. The van der Waals surface area contributed by atoms with Gasteiger partial charge in [0.05, 0.1) is 13.2 Å². The predicted octanol–water partition coefficient (Wildman–Crippen LogP) is 1.71. The molecule has 1 aliphatic rings. The van der Waals surface area contributed by atoms with Gasteiger partial charge in [0.2, 0.25) is 0 Å². The smallest absolute Gasteiger partial charge is 0.0594 e. The Morgan fingerprint density at radius 1 is 1.10 bits per heavy atom. The van der Waals surface area contributed by atoms with Crippen LogP contribution in [-0.4, -0.2) is 62.9 Å². The SMILES string of the molecule is CC(C)CNCCOCCN1CCC(NC(C)C)CC1. The minimum absolute atomic E-state index is 0.605. The predicted molar refractivity (Wildman–Crippen MR) is 86.3 cm³/mol. The molecule has 0 bridgehead atoms. The lowest BCUT2D eigenvalue weighted by molar-refractivity contribution is 0.0923. The summed E-state index contributed by atoms with van der Waals surface area (Å²) in [6.07, 6.45) is 2.54. The maximum Gasteiger partial charge on any atom is 0.0594 e. The third-order valence-electron chi connectivity index (χ3n) is 3.68. The second-order valence-corrected chi connectivity index (χ2v) is 6.65. The van der Waals surface area contributed by atoms with Gasteiger partial charge in [-0.05, 0) is 38.4 Å². The lowest BCUT2D eigenvalue weighted by Crippen LogP contribution is -2.45. The maximum absolute atomic E-state index is 5.69. The molecule has 0 aromatic heterocycles. The average Bonchev–Trinajstić information content (AvgIpc) is 2.38. The minimum atomic E-state index is 0.605. The van der Waals surface area contributed by atoms with E-state index in [0.29, 0.717) is 12.1 Å². The van der Waals surface area contributed by atoms with Crippen LogP contribution in [0.25, 0.3) is 0 Å². The third-order valence-corrected chi connectivity index (χ3v) is 3.68. The van der Waals surface area contributed by atoms with Crippen LogP contribution in [0, 0.1) is 5.92 Å². The molecule has 0 amide bonds. The molecule has 0 saturated carbocycles. The molecule has 1 heterocycles. The van der Waals surface area contributed by atoms with Gasteiger partial charge >= 0.3 is 0 Å². The van der Waals surface area contributed by atoms with Crippen molar-refractivity contribution in [3.8, 4) is 0 Å². The number of nitrogens with zero attached hydrogens (tertiary/aromatic N) is 1. The molecule has 1 saturated heterocycles. The van der Waals surface area contributed by atoms with Gasteiger partial charge in [-0.3, -0.25) is 0 Å². The second-order valence-electron chi connectivity index (χ2n) is 6.65.